The van der Waals surface area contributed by atoms with Crippen LogP contribution in [-0.2, 0) is 6.54 Å². The van der Waals surface area contributed by atoms with Crippen molar-refractivity contribution < 1.29 is 9.47 Å². The normalized spacial score (nSPS) is 19.9. The van der Waals surface area contributed by atoms with E-state index in [0.717, 1.165) is 27.8 Å². The Bertz CT molecular complexity index is 1300. The molecule has 1 aromatic carbocycles. The fourth-order valence-corrected chi connectivity index (χ4v) is 5.94. The van der Waals surface area contributed by atoms with Gasteiger partial charge >= 0.3 is 0 Å². The van der Waals surface area contributed by atoms with Crippen LogP contribution in [0.15, 0.2) is 49.7 Å². The third-order valence-electron chi connectivity index (χ3n) is 5.74. The maximum absolute atomic E-state index is 13.0. The minimum atomic E-state index is -0.000284. The highest BCUT2D eigenvalue weighted by Gasteiger charge is 2.24. The molecule has 4 rings (SSSR count). The van der Waals surface area contributed by atoms with Gasteiger partial charge in [0.25, 0.3) is 5.56 Å². The average molecular weight is 532 g/mol. The van der Waals surface area contributed by atoms with Gasteiger partial charge in [0, 0.05) is 24.4 Å². The van der Waals surface area contributed by atoms with E-state index in [-0.39, 0.29) is 11.0 Å². The quantitative estimate of drug-likeness (QED) is 0.536. The molecule has 5 nitrogen and oxygen atoms in total. The van der Waals surface area contributed by atoms with Crippen molar-refractivity contribution in [3.8, 4) is 11.5 Å². The van der Waals surface area contributed by atoms with Gasteiger partial charge in [-0.05, 0) is 66.9 Å². The highest BCUT2D eigenvalue weighted by atomic mass is 79.9. The lowest BCUT2D eigenvalue weighted by atomic mass is 9.92. The smallest absolute Gasteiger partial charge is 0.270 e. The predicted octanol–water partition coefficient (Wildman–Crippen LogP) is 4.85. The van der Waals surface area contributed by atoms with Crippen LogP contribution < -0.4 is 24.4 Å². The lowest BCUT2D eigenvalue weighted by molar-refractivity contribution is 0.248. The summed E-state index contributed by atoms with van der Waals surface area (Å²) in [7, 11) is 0. The summed E-state index contributed by atoms with van der Waals surface area (Å²) < 4.78 is 15.4. The number of hydrogen-bond donors (Lipinski definition) is 0. The lowest BCUT2D eigenvalue weighted by Crippen LogP contribution is -2.41. The molecular weight excluding hydrogens is 500 g/mol. The number of benzene rings is 1. The number of aromatic nitrogens is 1. The monoisotopic (exact) mass is 530 g/mol. The van der Waals surface area contributed by atoms with Crippen LogP contribution in [0.5, 0.6) is 11.5 Å². The van der Waals surface area contributed by atoms with Gasteiger partial charge in [-0.25, -0.2) is 0 Å². The SMILES string of the molecule is CCOc1cc(/C=c2/sc3n(c2=O)CC(C)(C)CN=3)cc(Br)c1OCC1C=C(C)C=C(C)C1. The summed E-state index contributed by atoms with van der Waals surface area (Å²) in [6.07, 6.45) is 7.41. The van der Waals surface area contributed by atoms with Crippen molar-refractivity contribution in [1.82, 2.24) is 4.57 Å². The molecule has 0 radical (unpaired) electrons. The Kier molecular flexibility index (Phi) is 7.01. The Balaban J connectivity index is 1.64. The molecule has 1 atom stereocenters. The summed E-state index contributed by atoms with van der Waals surface area (Å²) in [5.41, 5.74) is 3.56. The van der Waals surface area contributed by atoms with Crippen LogP contribution in [0.25, 0.3) is 6.08 Å². The fraction of sp³-hybridized carbons (Fsp3) is 0.462. The standard InChI is InChI=1S/C26H31BrN2O3S/c1-6-31-21-11-18(12-22-24(30)29-15-26(4,5)14-28-25(29)33-22)10-20(27)23(21)32-13-19-8-16(2)7-17(3)9-19/h7-8,10-12,19H,6,9,13-15H2,1-5H3/b22-12+. The van der Waals surface area contributed by atoms with Gasteiger partial charge in [-0.2, -0.15) is 0 Å². The van der Waals surface area contributed by atoms with Crippen LogP contribution in [0.1, 0.15) is 46.6 Å². The van der Waals surface area contributed by atoms with Crippen LogP contribution in [0.2, 0.25) is 0 Å². The number of allylic oxidation sites excluding steroid dienone is 3. The van der Waals surface area contributed by atoms with E-state index < -0.39 is 0 Å². The van der Waals surface area contributed by atoms with Crippen molar-refractivity contribution in [2.75, 3.05) is 19.8 Å². The first-order chi connectivity index (χ1) is 15.6. The van der Waals surface area contributed by atoms with Crippen LogP contribution in [-0.4, -0.2) is 24.3 Å². The lowest BCUT2D eigenvalue weighted by Gasteiger charge is -2.25. The zero-order valence-electron chi connectivity index (χ0n) is 19.9. The maximum Gasteiger partial charge on any atom is 0.270 e. The first-order valence-electron chi connectivity index (χ1n) is 11.4. The van der Waals surface area contributed by atoms with E-state index in [1.54, 1.807) is 4.57 Å². The molecule has 2 aromatic rings. The van der Waals surface area contributed by atoms with Crippen LogP contribution in [0.4, 0.5) is 0 Å². The van der Waals surface area contributed by atoms with Crippen molar-refractivity contribution in [2.45, 2.75) is 47.6 Å². The third-order valence-corrected chi connectivity index (χ3v) is 7.38. The molecule has 0 saturated heterocycles. The van der Waals surface area contributed by atoms with Gasteiger partial charge in [-0.3, -0.25) is 14.4 Å². The number of nitrogens with zero attached hydrogens (tertiary/aromatic N) is 2. The van der Waals surface area contributed by atoms with Gasteiger partial charge in [-0.1, -0.05) is 48.5 Å². The molecule has 0 spiro atoms. The Morgan fingerprint density at radius 3 is 2.82 bits per heavy atom. The highest BCUT2D eigenvalue weighted by molar-refractivity contribution is 9.10. The van der Waals surface area contributed by atoms with Gasteiger partial charge in [0.05, 0.1) is 22.2 Å². The van der Waals surface area contributed by atoms with Gasteiger partial charge in [0.1, 0.15) is 0 Å². The number of fused-ring (bicyclic) bond motifs is 1. The average Bonchev–Trinajstić information content (AvgIpc) is 3.01. The van der Waals surface area contributed by atoms with Gasteiger partial charge in [0.2, 0.25) is 0 Å². The molecule has 7 heteroatoms. The zero-order valence-corrected chi connectivity index (χ0v) is 22.3. The Hall–Kier alpha value is -2.12. The fourth-order valence-electron chi connectivity index (χ4n) is 4.39. The van der Waals surface area contributed by atoms with Crippen molar-refractivity contribution in [2.24, 2.45) is 16.3 Å². The molecule has 1 aliphatic carbocycles. The molecular formula is C26H31BrN2O3S. The van der Waals surface area contributed by atoms with Gasteiger partial charge < -0.3 is 9.47 Å². The van der Waals surface area contributed by atoms with Crippen molar-refractivity contribution >= 4 is 33.3 Å². The molecule has 1 aromatic heterocycles. The second kappa shape index (κ2) is 9.63. The number of hydrogen-bond acceptors (Lipinski definition) is 5. The molecule has 0 fully saturated rings. The maximum atomic E-state index is 13.0. The molecule has 1 aliphatic heterocycles. The van der Waals surface area contributed by atoms with Gasteiger partial charge in [-0.15, -0.1) is 0 Å². The van der Waals surface area contributed by atoms with E-state index >= 15 is 0 Å². The highest BCUT2D eigenvalue weighted by Crippen LogP contribution is 2.38. The molecule has 0 saturated carbocycles. The third kappa shape index (κ3) is 5.52. The summed E-state index contributed by atoms with van der Waals surface area (Å²) in [4.78, 5) is 18.4. The molecule has 2 heterocycles. The molecule has 2 aliphatic rings. The Morgan fingerprint density at radius 1 is 1.30 bits per heavy atom. The molecule has 1 unspecified atom stereocenters. The summed E-state index contributed by atoms with van der Waals surface area (Å²) >= 11 is 5.12. The largest absolute Gasteiger partial charge is 0.490 e. The van der Waals surface area contributed by atoms with Crippen molar-refractivity contribution in [3.05, 3.63) is 65.2 Å². The Morgan fingerprint density at radius 2 is 2.09 bits per heavy atom. The van der Waals surface area contributed by atoms with Crippen molar-refractivity contribution in [3.63, 3.8) is 0 Å². The molecule has 0 bridgehead atoms. The van der Waals surface area contributed by atoms with E-state index in [2.05, 4.69) is 60.8 Å². The summed E-state index contributed by atoms with van der Waals surface area (Å²) in [5, 5.41) is 0. The first-order valence-corrected chi connectivity index (χ1v) is 13.0. The van der Waals surface area contributed by atoms with E-state index in [1.807, 2.05) is 25.1 Å². The van der Waals surface area contributed by atoms with E-state index in [9.17, 15) is 4.79 Å². The Labute approximate surface area is 207 Å². The summed E-state index contributed by atoms with van der Waals surface area (Å²) in [6, 6.07) is 3.93. The first kappa shape index (κ1) is 24.0. The van der Waals surface area contributed by atoms with E-state index in [0.29, 0.717) is 41.7 Å². The predicted molar refractivity (Wildman–Crippen MR) is 138 cm³/mol. The number of thiazole rings is 1. The van der Waals surface area contributed by atoms with E-state index in [1.165, 1.54) is 22.5 Å². The number of ether oxygens (including phenoxy) is 2. The van der Waals surface area contributed by atoms with E-state index in [4.69, 9.17) is 9.47 Å². The van der Waals surface area contributed by atoms with Crippen molar-refractivity contribution in [1.29, 1.82) is 0 Å². The van der Waals surface area contributed by atoms with Crippen LogP contribution in [0, 0.1) is 11.3 Å². The minimum Gasteiger partial charge on any atom is -0.490 e. The van der Waals surface area contributed by atoms with Crippen LogP contribution >= 0.6 is 27.3 Å². The molecule has 0 amide bonds. The summed E-state index contributed by atoms with van der Waals surface area (Å²) in [5.74, 6) is 1.72. The zero-order chi connectivity index (χ0) is 23.8. The summed E-state index contributed by atoms with van der Waals surface area (Å²) in [6.45, 7) is 13.1. The second-order valence-electron chi connectivity index (χ2n) is 9.70. The molecule has 176 valence electrons. The van der Waals surface area contributed by atoms with Crippen LogP contribution in [0.3, 0.4) is 0 Å². The minimum absolute atomic E-state index is 0.000284. The molecule has 33 heavy (non-hydrogen) atoms. The molecule has 0 N–H and O–H groups in total. The number of halogens is 1. The second-order valence-corrected chi connectivity index (χ2v) is 11.6. The number of rotatable bonds is 6. The topological polar surface area (TPSA) is 52.8 Å². The van der Waals surface area contributed by atoms with Gasteiger partial charge in [0.15, 0.2) is 16.3 Å².